The fourth-order valence-corrected chi connectivity index (χ4v) is 2.76. The highest BCUT2D eigenvalue weighted by molar-refractivity contribution is 5.87. The maximum atomic E-state index is 13.8. The van der Waals surface area contributed by atoms with Gasteiger partial charge in [-0.25, -0.2) is 19.2 Å². The zero-order chi connectivity index (χ0) is 22.7. The molecule has 0 N–H and O–H groups in total. The summed E-state index contributed by atoms with van der Waals surface area (Å²) in [6, 6.07) is 13.2. The molecule has 0 fully saturated rings. The minimum atomic E-state index is -0.540. The molecule has 0 bridgehead atoms. The lowest BCUT2D eigenvalue weighted by Crippen LogP contribution is -2.22. The van der Waals surface area contributed by atoms with Gasteiger partial charge in [-0.05, 0) is 56.7 Å². The Morgan fingerprint density at radius 1 is 1.06 bits per heavy atom. The van der Waals surface area contributed by atoms with Crippen molar-refractivity contribution >= 4 is 23.3 Å². The van der Waals surface area contributed by atoms with Crippen LogP contribution in [0.1, 0.15) is 26.3 Å². The van der Waals surface area contributed by atoms with Crippen molar-refractivity contribution < 1.29 is 23.1 Å². The predicted molar refractivity (Wildman–Crippen MR) is 116 cm³/mol. The number of ether oxygens (including phenoxy) is 2. The molecule has 32 heavy (non-hydrogen) atoms. The molecule has 0 saturated carbocycles. The number of carbonyl (C=O) groups is 1. The summed E-state index contributed by atoms with van der Waals surface area (Å²) in [5.74, 6) is -0.565. The van der Waals surface area contributed by atoms with Gasteiger partial charge in [0.05, 0.1) is 6.20 Å². The molecule has 0 aliphatic rings. The Morgan fingerprint density at radius 2 is 1.81 bits per heavy atom. The van der Waals surface area contributed by atoms with Gasteiger partial charge in [0.15, 0.2) is 11.6 Å². The molecule has 7 nitrogen and oxygen atoms in total. The van der Waals surface area contributed by atoms with E-state index in [4.69, 9.17) is 13.9 Å². The largest absolute Gasteiger partial charge is 0.457 e. The zero-order valence-corrected chi connectivity index (χ0v) is 17.7. The number of hydrogen-bond acceptors (Lipinski definition) is 7. The number of para-hydroxylation sites is 1. The van der Waals surface area contributed by atoms with Gasteiger partial charge < -0.3 is 13.9 Å². The maximum absolute atomic E-state index is 13.8. The summed E-state index contributed by atoms with van der Waals surface area (Å²) in [4.78, 5) is 24.4. The predicted octanol–water partition coefficient (Wildman–Crippen LogP) is 5.57. The van der Waals surface area contributed by atoms with Crippen LogP contribution in [0.3, 0.4) is 0 Å². The third-order valence-electron chi connectivity index (χ3n) is 4.14. The second-order valence-electron chi connectivity index (χ2n) is 7.88. The van der Waals surface area contributed by atoms with Crippen molar-refractivity contribution in [2.75, 3.05) is 0 Å². The SMILES string of the molecule is CC(C)(C)OC(=O)C=Cc1ccc(-c2nc3cnc(Oc4ccccc4F)nc3o2)cc1. The maximum Gasteiger partial charge on any atom is 0.331 e. The van der Waals surface area contributed by atoms with E-state index in [1.807, 2.05) is 45.0 Å². The number of hydrogen-bond donors (Lipinski definition) is 0. The average Bonchev–Trinajstić information content (AvgIpc) is 3.16. The summed E-state index contributed by atoms with van der Waals surface area (Å²) >= 11 is 0. The first-order valence-corrected chi connectivity index (χ1v) is 9.84. The summed E-state index contributed by atoms with van der Waals surface area (Å²) in [5.41, 5.74) is 1.65. The van der Waals surface area contributed by atoms with Crippen molar-refractivity contribution in [3.63, 3.8) is 0 Å². The molecule has 0 unspecified atom stereocenters. The van der Waals surface area contributed by atoms with Gasteiger partial charge in [0.2, 0.25) is 5.89 Å². The molecular weight excluding hydrogens is 413 g/mol. The summed E-state index contributed by atoms with van der Waals surface area (Å²) in [6.45, 7) is 5.44. The van der Waals surface area contributed by atoms with Crippen molar-refractivity contribution in [1.29, 1.82) is 0 Å². The Hall–Kier alpha value is -4.07. The van der Waals surface area contributed by atoms with Gasteiger partial charge in [0, 0.05) is 11.6 Å². The molecule has 0 aliphatic heterocycles. The van der Waals surface area contributed by atoms with Crippen LogP contribution in [-0.4, -0.2) is 26.5 Å². The monoisotopic (exact) mass is 433 g/mol. The molecule has 4 rings (SSSR count). The van der Waals surface area contributed by atoms with Gasteiger partial charge in [-0.1, -0.05) is 24.3 Å². The van der Waals surface area contributed by atoms with Crippen molar-refractivity contribution in [2.45, 2.75) is 26.4 Å². The van der Waals surface area contributed by atoms with Crippen molar-refractivity contribution in [1.82, 2.24) is 15.0 Å². The topological polar surface area (TPSA) is 87.3 Å². The average molecular weight is 433 g/mol. The summed E-state index contributed by atoms with van der Waals surface area (Å²) in [7, 11) is 0. The second kappa shape index (κ2) is 8.58. The van der Waals surface area contributed by atoms with E-state index in [0.717, 1.165) is 5.56 Å². The molecular formula is C24H20FN3O4. The molecule has 4 aromatic rings. The summed E-state index contributed by atoms with van der Waals surface area (Å²) < 4.78 is 30.1. The van der Waals surface area contributed by atoms with E-state index in [0.29, 0.717) is 17.0 Å². The van der Waals surface area contributed by atoms with E-state index in [-0.39, 0.29) is 17.5 Å². The first kappa shape index (κ1) is 21.2. The molecule has 0 radical (unpaired) electrons. The Balaban J connectivity index is 1.50. The van der Waals surface area contributed by atoms with Gasteiger partial charge in [0.1, 0.15) is 11.1 Å². The highest BCUT2D eigenvalue weighted by atomic mass is 19.1. The molecule has 0 saturated heterocycles. The lowest BCUT2D eigenvalue weighted by molar-refractivity contribution is -0.148. The number of nitrogens with zero attached hydrogens (tertiary/aromatic N) is 3. The van der Waals surface area contributed by atoms with E-state index in [2.05, 4.69) is 15.0 Å². The molecule has 0 amide bonds. The van der Waals surface area contributed by atoms with Crippen LogP contribution < -0.4 is 4.74 Å². The van der Waals surface area contributed by atoms with Crippen LogP contribution in [0.4, 0.5) is 4.39 Å². The third kappa shape index (κ3) is 5.15. The van der Waals surface area contributed by atoms with E-state index >= 15 is 0 Å². The molecule has 0 atom stereocenters. The molecule has 2 heterocycles. The fraction of sp³-hybridized carbons (Fsp3) is 0.167. The first-order chi connectivity index (χ1) is 15.3. The molecule has 2 aromatic heterocycles. The number of carbonyl (C=O) groups excluding carboxylic acids is 1. The zero-order valence-electron chi connectivity index (χ0n) is 17.7. The minimum Gasteiger partial charge on any atom is -0.457 e. The number of oxazole rings is 1. The second-order valence-corrected chi connectivity index (χ2v) is 7.88. The van der Waals surface area contributed by atoms with Gasteiger partial charge in [-0.3, -0.25) is 0 Å². The first-order valence-electron chi connectivity index (χ1n) is 9.84. The molecule has 2 aromatic carbocycles. The Labute approximate surface area is 183 Å². The molecule has 0 spiro atoms. The summed E-state index contributed by atoms with van der Waals surface area (Å²) in [6.07, 6.45) is 4.50. The smallest absolute Gasteiger partial charge is 0.331 e. The van der Waals surface area contributed by atoms with Gasteiger partial charge in [-0.2, -0.15) is 4.98 Å². The summed E-state index contributed by atoms with van der Waals surface area (Å²) in [5, 5.41) is 0. The standard InChI is InChI=1S/C24H20FN3O4/c1-24(2,3)32-20(29)13-10-15-8-11-16(12-9-15)21-27-18-14-26-23(28-22(18)31-21)30-19-7-5-4-6-17(19)25/h4-14H,1-3H3. The number of benzene rings is 2. The van der Waals surface area contributed by atoms with Gasteiger partial charge in [0.25, 0.3) is 5.71 Å². The van der Waals surface area contributed by atoms with Crippen molar-refractivity contribution in [3.8, 4) is 23.2 Å². The van der Waals surface area contributed by atoms with Crippen LogP contribution >= 0.6 is 0 Å². The molecule has 8 heteroatoms. The van der Waals surface area contributed by atoms with Crippen molar-refractivity contribution in [3.05, 3.63) is 72.2 Å². The molecule has 162 valence electrons. The van der Waals surface area contributed by atoms with Gasteiger partial charge >= 0.3 is 12.0 Å². The van der Waals surface area contributed by atoms with Crippen LogP contribution in [0.2, 0.25) is 0 Å². The molecule has 0 aliphatic carbocycles. The van der Waals surface area contributed by atoms with E-state index < -0.39 is 17.4 Å². The van der Waals surface area contributed by atoms with Crippen LogP contribution in [0.15, 0.2) is 65.2 Å². The number of aromatic nitrogens is 3. The van der Waals surface area contributed by atoms with Crippen molar-refractivity contribution in [2.24, 2.45) is 0 Å². The Kier molecular flexibility index (Phi) is 5.68. The van der Waals surface area contributed by atoms with Crippen LogP contribution in [0.25, 0.3) is 28.8 Å². The minimum absolute atomic E-state index is 0.0154. The number of rotatable bonds is 5. The number of esters is 1. The number of fused-ring (bicyclic) bond motifs is 1. The Bertz CT molecular complexity index is 1290. The van der Waals surface area contributed by atoms with E-state index in [1.54, 1.807) is 18.2 Å². The lowest BCUT2D eigenvalue weighted by atomic mass is 10.1. The highest BCUT2D eigenvalue weighted by Gasteiger charge is 2.15. The van der Waals surface area contributed by atoms with Gasteiger partial charge in [-0.15, -0.1) is 0 Å². The van der Waals surface area contributed by atoms with Crippen LogP contribution in [-0.2, 0) is 9.53 Å². The number of halogens is 1. The Morgan fingerprint density at radius 3 is 2.53 bits per heavy atom. The van der Waals surface area contributed by atoms with Crippen LogP contribution in [0, 0.1) is 5.82 Å². The third-order valence-corrected chi connectivity index (χ3v) is 4.14. The lowest BCUT2D eigenvalue weighted by Gasteiger charge is -2.17. The van der Waals surface area contributed by atoms with Crippen LogP contribution in [0.5, 0.6) is 11.8 Å². The highest BCUT2D eigenvalue weighted by Crippen LogP contribution is 2.26. The van der Waals surface area contributed by atoms with E-state index in [1.165, 1.54) is 24.4 Å². The normalized spacial score (nSPS) is 11.8. The quantitative estimate of drug-likeness (QED) is 0.300. The van der Waals surface area contributed by atoms with E-state index in [9.17, 15) is 9.18 Å². The fourth-order valence-electron chi connectivity index (χ4n) is 2.76.